The maximum absolute atomic E-state index is 11.6. The van der Waals surface area contributed by atoms with Crippen LogP contribution in [-0.2, 0) is 4.79 Å². The van der Waals surface area contributed by atoms with E-state index < -0.39 is 0 Å². The lowest BCUT2D eigenvalue weighted by atomic mass is 9.93. The van der Waals surface area contributed by atoms with Gasteiger partial charge in [0.2, 0.25) is 5.91 Å². The highest BCUT2D eigenvalue weighted by atomic mass is 127. The number of guanidine groups is 1. The van der Waals surface area contributed by atoms with Crippen LogP contribution >= 0.6 is 24.0 Å². The molecule has 8 heteroatoms. The molecule has 2 saturated heterocycles. The molecule has 0 radical (unpaired) electrons. The Labute approximate surface area is 211 Å². The lowest BCUT2D eigenvalue weighted by Gasteiger charge is -2.37. The fourth-order valence-corrected chi connectivity index (χ4v) is 4.66. The Hall–Kier alpha value is -1.55. The van der Waals surface area contributed by atoms with Crippen LogP contribution in [0, 0.1) is 19.8 Å². The van der Waals surface area contributed by atoms with Gasteiger partial charge in [0.15, 0.2) is 5.96 Å². The molecule has 180 valence electrons. The monoisotopic (exact) mass is 556 g/mol. The third-order valence-electron chi connectivity index (χ3n) is 6.88. The van der Waals surface area contributed by atoms with Crippen LogP contribution in [0.25, 0.3) is 0 Å². The van der Waals surface area contributed by atoms with Crippen molar-refractivity contribution >= 4 is 41.5 Å². The van der Waals surface area contributed by atoms with Crippen LogP contribution in [0.4, 0.5) is 5.69 Å². The standard InChI is InChI=1S/C24H40N6O.HI/c1-19-6-5-7-22(20(19)2)29-16-14-28(15-17-29)13-10-27-24(26-4)30-11-8-21(9-12-30)18-23(31)25-3;/h5-7,21H,8-18H2,1-4H3,(H,25,31)(H,26,27);1H. The number of anilines is 1. The first kappa shape index (κ1) is 26.7. The van der Waals surface area contributed by atoms with Crippen molar-refractivity contribution in [1.29, 1.82) is 0 Å². The number of aliphatic imine (C=N–C) groups is 1. The summed E-state index contributed by atoms with van der Waals surface area (Å²) in [7, 11) is 3.58. The first-order valence-corrected chi connectivity index (χ1v) is 11.7. The number of aryl methyl sites for hydroxylation is 1. The van der Waals surface area contributed by atoms with E-state index in [1.165, 1.54) is 16.8 Å². The van der Waals surface area contributed by atoms with Gasteiger partial charge in [0.05, 0.1) is 0 Å². The number of carbonyl (C=O) groups is 1. The van der Waals surface area contributed by atoms with E-state index in [0.29, 0.717) is 12.3 Å². The molecule has 2 heterocycles. The van der Waals surface area contributed by atoms with Crippen molar-refractivity contribution in [2.24, 2.45) is 10.9 Å². The molecule has 3 rings (SSSR count). The summed E-state index contributed by atoms with van der Waals surface area (Å²) in [6, 6.07) is 6.61. The third-order valence-corrected chi connectivity index (χ3v) is 6.88. The van der Waals surface area contributed by atoms with Gasteiger partial charge in [-0.25, -0.2) is 0 Å². The van der Waals surface area contributed by atoms with Gasteiger partial charge in [-0.1, -0.05) is 12.1 Å². The van der Waals surface area contributed by atoms with E-state index in [0.717, 1.165) is 71.2 Å². The number of likely N-dealkylation sites (tertiary alicyclic amines) is 1. The molecule has 0 aromatic heterocycles. The fraction of sp³-hybridized carbons (Fsp3) is 0.667. The number of hydrogen-bond donors (Lipinski definition) is 2. The molecule has 0 bridgehead atoms. The predicted molar refractivity (Wildman–Crippen MR) is 144 cm³/mol. The van der Waals surface area contributed by atoms with Crippen molar-refractivity contribution in [2.45, 2.75) is 33.1 Å². The molecular weight excluding hydrogens is 515 g/mol. The van der Waals surface area contributed by atoms with Crippen molar-refractivity contribution in [3.63, 3.8) is 0 Å². The molecule has 0 aliphatic carbocycles. The quantitative estimate of drug-likeness (QED) is 0.321. The minimum atomic E-state index is 0. The summed E-state index contributed by atoms with van der Waals surface area (Å²) < 4.78 is 0. The number of rotatable bonds is 6. The second-order valence-corrected chi connectivity index (χ2v) is 8.83. The lowest BCUT2D eigenvalue weighted by molar-refractivity contribution is -0.121. The Bertz CT molecular complexity index is 755. The molecule has 2 fully saturated rings. The molecule has 2 N–H and O–H groups in total. The van der Waals surface area contributed by atoms with E-state index in [2.05, 4.69) is 62.4 Å². The molecular formula is C24H41IN6O. The number of amides is 1. The molecule has 1 amide bonds. The maximum Gasteiger partial charge on any atom is 0.220 e. The van der Waals surface area contributed by atoms with Crippen LogP contribution in [0.5, 0.6) is 0 Å². The molecule has 32 heavy (non-hydrogen) atoms. The zero-order valence-electron chi connectivity index (χ0n) is 20.2. The second-order valence-electron chi connectivity index (χ2n) is 8.83. The van der Waals surface area contributed by atoms with Gasteiger partial charge in [-0.3, -0.25) is 14.7 Å². The van der Waals surface area contributed by atoms with Gasteiger partial charge in [-0.05, 0) is 49.8 Å². The van der Waals surface area contributed by atoms with Gasteiger partial charge in [-0.15, -0.1) is 24.0 Å². The lowest BCUT2D eigenvalue weighted by Crippen LogP contribution is -2.51. The highest BCUT2D eigenvalue weighted by molar-refractivity contribution is 14.0. The Morgan fingerprint density at radius 1 is 1.09 bits per heavy atom. The van der Waals surface area contributed by atoms with E-state index in [9.17, 15) is 4.79 Å². The number of nitrogens with one attached hydrogen (secondary N) is 2. The zero-order chi connectivity index (χ0) is 22.2. The summed E-state index contributed by atoms with van der Waals surface area (Å²) in [6.45, 7) is 12.7. The van der Waals surface area contributed by atoms with Crippen LogP contribution in [0.1, 0.15) is 30.4 Å². The zero-order valence-corrected chi connectivity index (χ0v) is 22.5. The Kier molecular flexibility index (Phi) is 11.0. The molecule has 7 nitrogen and oxygen atoms in total. The normalized spacial score (nSPS) is 18.3. The largest absolute Gasteiger partial charge is 0.369 e. The molecule has 2 aliphatic rings. The van der Waals surface area contributed by atoms with Crippen molar-refractivity contribution in [1.82, 2.24) is 20.4 Å². The number of piperazine rings is 1. The third kappa shape index (κ3) is 7.23. The minimum Gasteiger partial charge on any atom is -0.369 e. The summed E-state index contributed by atoms with van der Waals surface area (Å²) in [5, 5.41) is 6.29. The van der Waals surface area contributed by atoms with Crippen LogP contribution in [0.15, 0.2) is 23.2 Å². The molecule has 2 aliphatic heterocycles. The Balaban J connectivity index is 0.00000363. The maximum atomic E-state index is 11.6. The topological polar surface area (TPSA) is 63.2 Å². The number of piperidine rings is 1. The summed E-state index contributed by atoms with van der Waals surface area (Å²) in [5.41, 5.74) is 4.16. The van der Waals surface area contributed by atoms with Crippen LogP contribution in [-0.4, -0.2) is 88.1 Å². The highest BCUT2D eigenvalue weighted by Gasteiger charge is 2.23. The first-order valence-electron chi connectivity index (χ1n) is 11.7. The fourth-order valence-electron chi connectivity index (χ4n) is 4.66. The highest BCUT2D eigenvalue weighted by Crippen LogP contribution is 2.24. The Morgan fingerprint density at radius 3 is 2.41 bits per heavy atom. The van der Waals surface area contributed by atoms with E-state index in [4.69, 9.17) is 0 Å². The smallest absolute Gasteiger partial charge is 0.220 e. The van der Waals surface area contributed by atoms with Crippen molar-refractivity contribution in [3.05, 3.63) is 29.3 Å². The SMILES string of the molecule is CN=C(NCCN1CCN(c2cccc(C)c2C)CC1)N1CCC(CC(=O)NC)CC1.I. The van der Waals surface area contributed by atoms with Gasteiger partial charge in [0.25, 0.3) is 0 Å². The number of halogens is 1. The van der Waals surface area contributed by atoms with E-state index in [1.54, 1.807) is 7.05 Å². The van der Waals surface area contributed by atoms with Crippen molar-refractivity contribution in [3.8, 4) is 0 Å². The van der Waals surface area contributed by atoms with Crippen molar-refractivity contribution in [2.75, 3.05) is 71.4 Å². The molecule has 1 aromatic rings. The van der Waals surface area contributed by atoms with Gasteiger partial charge in [0.1, 0.15) is 0 Å². The van der Waals surface area contributed by atoms with E-state index >= 15 is 0 Å². The second kappa shape index (κ2) is 13.2. The molecule has 0 unspecified atom stereocenters. The van der Waals surface area contributed by atoms with E-state index in [1.807, 2.05) is 7.05 Å². The van der Waals surface area contributed by atoms with E-state index in [-0.39, 0.29) is 29.9 Å². The van der Waals surface area contributed by atoms with Crippen LogP contribution in [0.2, 0.25) is 0 Å². The average Bonchev–Trinajstić information content (AvgIpc) is 2.80. The minimum absolute atomic E-state index is 0. The van der Waals surface area contributed by atoms with Gasteiger partial charge in [0, 0.05) is 78.6 Å². The predicted octanol–water partition coefficient (Wildman–Crippen LogP) is 2.47. The van der Waals surface area contributed by atoms with Gasteiger partial charge >= 0.3 is 0 Å². The van der Waals surface area contributed by atoms with Gasteiger partial charge < -0.3 is 20.4 Å². The average molecular weight is 557 g/mol. The molecule has 0 spiro atoms. The molecule has 1 aromatic carbocycles. The first-order chi connectivity index (χ1) is 15.0. The summed E-state index contributed by atoms with van der Waals surface area (Å²) in [5.74, 6) is 1.63. The van der Waals surface area contributed by atoms with Crippen molar-refractivity contribution < 1.29 is 4.79 Å². The number of nitrogens with zero attached hydrogens (tertiary/aromatic N) is 4. The summed E-state index contributed by atoms with van der Waals surface area (Å²) >= 11 is 0. The number of carbonyl (C=O) groups excluding carboxylic acids is 1. The summed E-state index contributed by atoms with van der Waals surface area (Å²) in [6.07, 6.45) is 2.74. The number of hydrogen-bond acceptors (Lipinski definition) is 4. The summed E-state index contributed by atoms with van der Waals surface area (Å²) in [4.78, 5) is 23.5. The van der Waals surface area contributed by atoms with Crippen LogP contribution < -0.4 is 15.5 Å². The number of benzene rings is 1. The Morgan fingerprint density at radius 2 is 1.78 bits per heavy atom. The van der Waals surface area contributed by atoms with Gasteiger partial charge in [-0.2, -0.15) is 0 Å². The molecule has 0 saturated carbocycles. The molecule has 0 atom stereocenters. The van der Waals surface area contributed by atoms with Crippen LogP contribution in [0.3, 0.4) is 0 Å².